The van der Waals surface area contributed by atoms with Crippen LogP contribution in [0.1, 0.15) is 51.4 Å². The Morgan fingerprint density at radius 3 is 2.10 bits per heavy atom. The molecule has 8 heteroatoms. The van der Waals surface area contributed by atoms with Crippen molar-refractivity contribution in [2.45, 2.75) is 70.1 Å². The molecule has 3 N–H and O–H groups in total. The van der Waals surface area contributed by atoms with Crippen LogP contribution < -0.4 is 21.4 Å². The van der Waals surface area contributed by atoms with Gasteiger partial charge in [0, 0.05) is 18.2 Å². The van der Waals surface area contributed by atoms with Gasteiger partial charge in [-0.05, 0) is 47.8 Å². The Morgan fingerprint density at radius 1 is 0.975 bits per heavy atom. The van der Waals surface area contributed by atoms with Crippen molar-refractivity contribution in [2.75, 3.05) is 12.3 Å². The molecular formula is C32H39ClN2O4Si. The number of carbonyl (C=O) groups excluding carboxylic acids is 1. The second-order valence-electron chi connectivity index (χ2n) is 12.3. The molecule has 1 aliphatic heterocycles. The van der Waals surface area contributed by atoms with Crippen LogP contribution in [0.15, 0.2) is 78.9 Å². The van der Waals surface area contributed by atoms with E-state index in [0.717, 1.165) is 0 Å². The number of anilines is 1. The lowest BCUT2D eigenvalue weighted by molar-refractivity contribution is -0.159. The van der Waals surface area contributed by atoms with E-state index < -0.39 is 14.1 Å². The van der Waals surface area contributed by atoms with Crippen LogP contribution in [0, 0.1) is 5.92 Å². The van der Waals surface area contributed by atoms with Gasteiger partial charge in [-0.3, -0.25) is 4.79 Å². The Labute approximate surface area is 243 Å². The van der Waals surface area contributed by atoms with Crippen molar-refractivity contribution in [3.05, 3.63) is 89.4 Å². The van der Waals surface area contributed by atoms with Crippen molar-refractivity contribution in [3.63, 3.8) is 0 Å². The summed E-state index contributed by atoms with van der Waals surface area (Å²) < 4.78 is 20.0. The van der Waals surface area contributed by atoms with E-state index in [0.29, 0.717) is 23.7 Å². The number of benzene rings is 3. The smallest absolute Gasteiger partial charge is 0.261 e. The first-order valence-corrected chi connectivity index (χ1v) is 16.2. The zero-order valence-electron chi connectivity index (χ0n) is 23.8. The Morgan fingerprint density at radius 2 is 1.55 bits per heavy atom. The summed E-state index contributed by atoms with van der Waals surface area (Å²) in [6, 6.07) is 26.0. The summed E-state index contributed by atoms with van der Waals surface area (Å²) in [5.74, 6) is -1.06. The van der Waals surface area contributed by atoms with Gasteiger partial charge < -0.3 is 25.0 Å². The minimum atomic E-state index is -2.74. The highest BCUT2D eigenvalue weighted by molar-refractivity contribution is 6.99. The zero-order valence-corrected chi connectivity index (χ0v) is 25.6. The maximum Gasteiger partial charge on any atom is 0.261 e. The van der Waals surface area contributed by atoms with E-state index in [4.69, 9.17) is 31.2 Å². The largest absolute Gasteiger partial charge is 0.407 e. The number of nitrogen functional groups attached to an aromatic ring is 1. The van der Waals surface area contributed by atoms with Gasteiger partial charge in [0.2, 0.25) is 0 Å². The van der Waals surface area contributed by atoms with Crippen molar-refractivity contribution in [2.24, 2.45) is 5.92 Å². The number of halogens is 1. The van der Waals surface area contributed by atoms with E-state index in [1.54, 1.807) is 18.2 Å². The number of nitrogens with two attached hydrogens (primary N) is 1. The van der Waals surface area contributed by atoms with Gasteiger partial charge in [-0.15, -0.1) is 0 Å². The van der Waals surface area contributed by atoms with Crippen LogP contribution in [-0.4, -0.2) is 44.9 Å². The van der Waals surface area contributed by atoms with Gasteiger partial charge in [0.05, 0.1) is 22.7 Å². The molecule has 2 aliphatic rings. The molecule has 3 aromatic carbocycles. The average Bonchev–Trinajstić information content (AvgIpc) is 3.38. The lowest BCUT2D eigenvalue weighted by Crippen LogP contribution is -2.67. The summed E-state index contributed by atoms with van der Waals surface area (Å²) in [4.78, 5) is 13.3. The van der Waals surface area contributed by atoms with E-state index in [1.807, 2.05) is 26.0 Å². The lowest BCUT2D eigenvalue weighted by Gasteiger charge is -2.43. The van der Waals surface area contributed by atoms with Crippen molar-refractivity contribution in [1.82, 2.24) is 5.32 Å². The molecule has 0 spiro atoms. The normalized spacial score (nSPS) is 24.1. The van der Waals surface area contributed by atoms with E-state index in [1.165, 1.54) is 10.4 Å². The molecule has 5 rings (SSSR count). The molecule has 0 unspecified atom stereocenters. The second-order valence-corrected chi connectivity index (χ2v) is 17.0. The molecule has 2 fully saturated rings. The number of ether oxygens (including phenoxy) is 2. The predicted octanol–water partition coefficient (Wildman–Crippen LogP) is 5.14. The van der Waals surface area contributed by atoms with Crippen LogP contribution in [0.25, 0.3) is 0 Å². The van der Waals surface area contributed by atoms with Gasteiger partial charge in [-0.25, -0.2) is 0 Å². The molecule has 6 nitrogen and oxygen atoms in total. The second kappa shape index (κ2) is 11.0. The van der Waals surface area contributed by atoms with Crippen LogP contribution in [0.3, 0.4) is 0 Å². The van der Waals surface area contributed by atoms with Crippen LogP contribution in [-0.2, 0) is 13.9 Å². The first-order valence-electron chi connectivity index (χ1n) is 13.9. The summed E-state index contributed by atoms with van der Waals surface area (Å²) in [5, 5.41) is 5.79. The maximum absolute atomic E-state index is 13.3. The molecule has 0 aromatic heterocycles. The number of hydrogen-bond donors (Lipinski definition) is 2. The number of rotatable bonds is 7. The highest BCUT2D eigenvalue weighted by Crippen LogP contribution is 2.44. The van der Waals surface area contributed by atoms with Gasteiger partial charge in [-0.1, -0.05) is 99.1 Å². The molecule has 0 radical (unpaired) electrons. The van der Waals surface area contributed by atoms with Crippen LogP contribution in [0.5, 0.6) is 0 Å². The van der Waals surface area contributed by atoms with Gasteiger partial charge in [-0.2, -0.15) is 0 Å². The first-order chi connectivity index (χ1) is 18.9. The monoisotopic (exact) mass is 578 g/mol. The van der Waals surface area contributed by atoms with Crippen molar-refractivity contribution in [3.8, 4) is 0 Å². The summed E-state index contributed by atoms with van der Waals surface area (Å²) in [6.45, 7) is 11.1. The maximum atomic E-state index is 13.3. The third-order valence-electron chi connectivity index (χ3n) is 8.10. The fourth-order valence-corrected chi connectivity index (χ4v) is 11.3. The van der Waals surface area contributed by atoms with Gasteiger partial charge in [0.1, 0.15) is 6.10 Å². The van der Waals surface area contributed by atoms with Crippen molar-refractivity contribution < 1.29 is 18.7 Å². The number of fused-ring (bicyclic) bond motifs is 1. The third kappa shape index (κ3) is 5.33. The standard InChI is InChI=1S/C32H39ClN2O4Si/c1-31(2,3)40(22-13-8-6-9-14-22,23-15-10-7-11-16-23)37-20-21-19-26(29-28(21)38-32(4,5)39-29)35-30(36)27-24(33)17-12-18-25(27)34/h6-18,21,26,28-29H,19-20,34H2,1-5H3,(H,35,36)/t21-,26-,28-,29+/m1/s1. The number of nitrogens with one attached hydrogen (secondary N) is 1. The minimum Gasteiger partial charge on any atom is -0.407 e. The van der Waals surface area contributed by atoms with Crippen LogP contribution in [0.2, 0.25) is 10.1 Å². The number of hydrogen-bond acceptors (Lipinski definition) is 5. The highest BCUT2D eigenvalue weighted by atomic mass is 35.5. The highest BCUT2D eigenvalue weighted by Gasteiger charge is 2.56. The Kier molecular flexibility index (Phi) is 7.89. The van der Waals surface area contributed by atoms with E-state index in [2.05, 4.69) is 74.6 Å². The molecule has 4 atom stereocenters. The topological polar surface area (TPSA) is 82.8 Å². The molecule has 3 aromatic rings. The van der Waals surface area contributed by atoms with Crippen molar-refractivity contribution >= 4 is 41.9 Å². The molecule has 40 heavy (non-hydrogen) atoms. The first kappa shape index (κ1) is 28.8. The van der Waals surface area contributed by atoms with Crippen molar-refractivity contribution in [1.29, 1.82) is 0 Å². The molecule has 1 amide bonds. The zero-order chi connectivity index (χ0) is 28.7. The molecule has 1 saturated heterocycles. The Bertz CT molecular complexity index is 1290. The SMILES string of the molecule is CC1(C)O[C@@H]2[C@@H](CO[Si](c3ccccc3)(c3ccccc3)C(C)(C)C)C[C@@H](NC(=O)c3c(N)cccc3Cl)[C@@H]2O1. The fraction of sp³-hybridized carbons (Fsp3) is 0.406. The lowest BCUT2D eigenvalue weighted by atomic mass is 10.1. The van der Waals surface area contributed by atoms with Crippen LogP contribution in [0.4, 0.5) is 5.69 Å². The summed E-state index contributed by atoms with van der Waals surface area (Å²) in [6.07, 6.45) is 0.122. The van der Waals surface area contributed by atoms with E-state index in [-0.39, 0.29) is 40.7 Å². The molecule has 0 bridgehead atoms. The van der Waals surface area contributed by atoms with E-state index in [9.17, 15) is 4.79 Å². The fourth-order valence-electron chi connectivity index (χ4n) is 6.41. The summed E-state index contributed by atoms with van der Waals surface area (Å²) in [5.41, 5.74) is 6.73. The molecule has 212 valence electrons. The predicted molar refractivity (Wildman–Crippen MR) is 163 cm³/mol. The Hall–Kier alpha value is -2.68. The minimum absolute atomic E-state index is 0.0160. The molecule has 1 heterocycles. The quantitative estimate of drug-likeness (QED) is 0.300. The van der Waals surface area contributed by atoms with E-state index >= 15 is 0 Å². The summed E-state index contributed by atoms with van der Waals surface area (Å²) >= 11 is 6.34. The number of amides is 1. The van der Waals surface area contributed by atoms with Gasteiger partial charge in [0.25, 0.3) is 14.2 Å². The van der Waals surface area contributed by atoms with Gasteiger partial charge >= 0.3 is 0 Å². The third-order valence-corrected chi connectivity index (χ3v) is 13.4. The van der Waals surface area contributed by atoms with Crippen LogP contribution >= 0.6 is 11.6 Å². The summed E-state index contributed by atoms with van der Waals surface area (Å²) in [7, 11) is -2.74. The Balaban J connectivity index is 1.45. The van der Waals surface area contributed by atoms with Gasteiger partial charge in [0.15, 0.2) is 5.79 Å². The number of carbonyl (C=O) groups is 1. The molecular weight excluding hydrogens is 540 g/mol. The average molecular weight is 579 g/mol. The molecule has 1 aliphatic carbocycles. The molecule has 1 saturated carbocycles.